The lowest BCUT2D eigenvalue weighted by Gasteiger charge is -2.17. The van der Waals surface area contributed by atoms with Crippen LogP contribution in [0.2, 0.25) is 0 Å². The van der Waals surface area contributed by atoms with Crippen molar-refractivity contribution in [2.24, 2.45) is 0 Å². The maximum Gasteiger partial charge on any atom is 0.188 e. The number of Topliss-reactive ketones (excluding diaryl/α,β-unsaturated/α-hetero) is 1. The molecule has 1 saturated heterocycles. The molecule has 0 atom stereocenters. The SMILES string of the molecule is C=C/C=C1/COCC(=O)/C1=C/CC. The summed E-state index contributed by atoms with van der Waals surface area (Å²) < 4.78 is 5.12. The summed E-state index contributed by atoms with van der Waals surface area (Å²) in [5.74, 6) is 0.0706. The van der Waals surface area contributed by atoms with E-state index in [2.05, 4.69) is 6.58 Å². The van der Waals surface area contributed by atoms with Crippen molar-refractivity contribution in [3.8, 4) is 0 Å². The molecule has 1 aliphatic heterocycles. The van der Waals surface area contributed by atoms with E-state index in [4.69, 9.17) is 4.74 Å². The molecule has 0 aromatic rings. The number of hydrogen-bond acceptors (Lipinski definition) is 2. The molecule has 1 heterocycles. The topological polar surface area (TPSA) is 26.3 Å². The lowest BCUT2D eigenvalue weighted by molar-refractivity contribution is -0.120. The maximum atomic E-state index is 11.4. The minimum absolute atomic E-state index is 0.0706. The van der Waals surface area contributed by atoms with Crippen molar-refractivity contribution in [2.45, 2.75) is 13.3 Å². The van der Waals surface area contributed by atoms with Crippen molar-refractivity contribution in [3.63, 3.8) is 0 Å². The lowest BCUT2D eigenvalue weighted by atomic mass is 9.99. The fraction of sp³-hybridized carbons (Fsp3) is 0.364. The largest absolute Gasteiger partial charge is 0.369 e. The van der Waals surface area contributed by atoms with Gasteiger partial charge in [-0.3, -0.25) is 4.79 Å². The fourth-order valence-electron chi connectivity index (χ4n) is 1.32. The van der Waals surface area contributed by atoms with Gasteiger partial charge in [-0.15, -0.1) is 0 Å². The molecule has 0 amide bonds. The Morgan fingerprint density at radius 3 is 2.92 bits per heavy atom. The van der Waals surface area contributed by atoms with Crippen LogP contribution in [0.3, 0.4) is 0 Å². The van der Waals surface area contributed by atoms with E-state index >= 15 is 0 Å². The highest BCUT2D eigenvalue weighted by atomic mass is 16.5. The summed E-state index contributed by atoms with van der Waals surface area (Å²) in [6.45, 7) is 6.35. The molecule has 2 heteroatoms. The van der Waals surface area contributed by atoms with E-state index in [0.29, 0.717) is 6.61 Å². The molecule has 1 aliphatic rings. The molecule has 0 unspecified atom stereocenters. The third-order valence-corrected chi connectivity index (χ3v) is 1.86. The van der Waals surface area contributed by atoms with Gasteiger partial charge in [0.2, 0.25) is 0 Å². The molecule has 1 rings (SSSR count). The van der Waals surface area contributed by atoms with Crippen molar-refractivity contribution >= 4 is 5.78 Å². The van der Waals surface area contributed by atoms with Gasteiger partial charge in [0, 0.05) is 5.57 Å². The normalized spacial score (nSPS) is 23.9. The Hall–Kier alpha value is -1.15. The smallest absolute Gasteiger partial charge is 0.188 e. The predicted octanol–water partition coefficient (Wildman–Crippen LogP) is 2.03. The quantitative estimate of drug-likeness (QED) is 0.605. The predicted molar refractivity (Wildman–Crippen MR) is 52.5 cm³/mol. The standard InChI is InChI=1S/C11H14O2/c1-3-5-9-7-13-8-11(12)10(9)6-4-2/h3,5-6H,1,4,7-8H2,2H3/b9-5-,10-6+. The van der Waals surface area contributed by atoms with Crippen LogP contribution in [0.5, 0.6) is 0 Å². The first-order chi connectivity index (χ1) is 6.29. The van der Waals surface area contributed by atoms with Crippen LogP contribution in [0.15, 0.2) is 36.0 Å². The number of ketones is 1. The summed E-state index contributed by atoms with van der Waals surface area (Å²) >= 11 is 0. The van der Waals surface area contributed by atoms with Gasteiger partial charge in [-0.05, 0) is 12.0 Å². The average molecular weight is 178 g/mol. The molecule has 0 aromatic carbocycles. The monoisotopic (exact) mass is 178 g/mol. The first-order valence-corrected chi connectivity index (χ1v) is 4.42. The van der Waals surface area contributed by atoms with Crippen LogP contribution in [0.25, 0.3) is 0 Å². The van der Waals surface area contributed by atoms with Crippen molar-refractivity contribution in [1.82, 2.24) is 0 Å². The maximum absolute atomic E-state index is 11.4. The zero-order valence-electron chi connectivity index (χ0n) is 7.88. The Balaban J connectivity index is 2.93. The highest BCUT2D eigenvalue weighted by Gasteiger charge is 2.18. The second kappa shape index (κ2) is 4.77. The lowest BCUT2D eigenvalue weighted by Crippen LogP contribution is -2.22. The molecule has 0 bridgehead atoms. The van der Waals surface area contributed by atoms with Crippen molar-refractivity contribution in [3.05, 3.63) is 36.0 Å². The summed E-state index contributed by atoms with van der Waals surface area (Å²) in [7, 11) is 0. The van der Waals surface area contributed by atoms with Crippen molar-refractivity contribution < 1.29 is 9.53 Å². The first kappa shape index (κ1) is 9.93. The molecule has 13 heavy (non-hydrogen) atoms. The minimum atomic E-state index is 0.0706. The number of carbonyl (C=O) groups excluding carboxylic acids is 1. The Morgan fingerprint density at radius 2 is 2.31 bits per heavy atom. The molecule has 0 spiro atoms. The van der Waals surface area contributed by atoms with Gasteiger partial charge in [0.15, 0.2) is 5.78 Å². The third kappa shape index (κ3) is 2.39. The molecule has 0 saturated carbocycles. The van der Waals surface area contributed by atoms with Gasteiger partial charge in [0.05, 0.1) is 6.61 Å². The summed E-state index contributed by atoms with van der Waals surface area (Å²) in [4.78, 5) is 11.4. The molecule has 70 valence electrons. The van der Waals surface area contributed by atoms with Crippen LogP contribution in [0, 0.1) is 0 Å². The van der Waals surface area contributed by atoms with E-state index in [0.717, 1.165) is 17.6 Å². The second-order valence-corrected chi connectivity index (χ2v) is 2.87. The van der Waals surface area contributed by atoms with Crippen LogP contribution in [0.4, 0.5) is 0 Å². The van der Waals surface area contributed by atoms with Crippen molar-refractivity contribution in [1.29, 1.82) is 0 Å². The fourth-order valence-corrected chi connectivity index (χ4v) is 1.32. The Bertz CT molecular complexity index is 272. The number of carbonyl (C=O) groups is 1. The molecular formula is C11H14O2. The van der Waals surface area contributed by atoms with Crippen molar-refractivity contribution in [2.75, 3.05) is 13.2 Å². The minimum Gasteiger partial charge on any atom is -0.369 e. The van der Waals surface area contributed by atoms with Gasteiger partial charge in [0.25, 0.3) is 0 Å². The third-order valence-electron chi connectivity index (χ3n) is 1.86. The summed E-state index contributed by atoms with van der Waals surface area (Å²) in [6, 6.07) is 0. The van der Waals surface area contributed by atoms with E-state index in [-0.39, 0.29) is 12.4 Å². The van der Waals surface area contributed by atoms with Gasteiger partial charge in [-0.1, -0.05) is 31.7 Å². The van der Waals surface area contributed by atoms with E-state index in [1.54, 1.807) is 6.08 Å². The van der Waals surface area contributed by atoms with Crippen LogP contribution < -0.4 is 0 Å². The van der Waals surface area contributed by atoms with Gasteiger partial charge < -0.3 is 4.74 Å². The molecule has 0 aliphatic carbocycles. The van der Waals surface area contributed by atoms with Gasteiger partial charge in [-0.2, -0.15) is 0 Å². The van der Waals surface area contributed by atoms with Gasteiger partial charge in [0.1, 0.15) is 6.61 Å². The zero-order chi connectivity index (χ0) is 9.68. The molecule has 2 nitrogen and oxygen atoms in total. The van der Waals surface area contributed by atoms with E-state index < -0.39 is 0 Å². The van der Waals surface area contributed by atoms with Crippen LogP contribution in [0.1, 0.15) is 13.3 Å². The highest BCUT2D eigenvalue weighted by molar-refractivity contribution is 6.01. The Morgan fingerprint density at radius 1 is 1.54 bits per heavy atom. The second-order valence-electron chi connectivity index (χ2n) is 2.87. The number of allylic oxidation sites excluding steroid dienone is 3. The summed E-state index contributed by atoms with van der Waals surface area (Å²) in [6.07, 6.45) is 6.33. The van der Waals surface area contributed by atoms with E-state index in [9.17, 15) is 4.79 Å². The Kier molecular flexibility index (Phi) is 3.65. The zero-order valence-corrected chi connectivity index (χ0v) is 7.88. The number of hydrogen-bond donors (Lipinski definition) is 0. The summed E-state index contributed by atoms with van der Waals surface area (Å²) in [5.41, 5.74) is 1.74. The Labute approximate surface area is 78.6 Å². The molecule has 0 N–H and O–H groups in total. The average Bonchev–Trinajstić information content (AvgIpc) is 2.11. The van der Waals surface area contributed by atoms with Crippen LogP contribution >= 0.6 is 0 Å². The first-order valence-electron chi connectivity index (χ1n) is 4.42. The molecular weight excluding hydrogens is 164 g/mol. The van der Waals surface area contributed by atoms with Crippen LogP contribution in [-0.2, 0) is 9.53 Å². The molecule has 0 aromatic heterocycles. The number of ether oxygens (including phenoxy) is 1. The van der Waals surface area contributed by atoms with Gasteiger partial charge >= 0.3 is 0 Å². The summed E-state index contributed by atoms with van der Waals surface area (Å²) in [5, 5.41) is 0. The molecule has 0 radical (unpaired) electrons. The molecule has 1 fully saturated rings. The highest BCUT2D eigenvalue weighted by Crippen LogP contribution is 2.17. The van der Waals surface area contributed by atoms with Crippen LogP contribution in [-0.4, -0.2) is 19.0 Å². The van der Waals surface area contributed by atoms with E-state index in [1.807, 2.05) is 19.1 Å². The van der Waals surface area contributed by atoms with E-state index in [1.165, 1.54) is 0 Å². The number of rotatable bonds is 2. The van der Waals surface area contributed by atoms with Gasteiger partial charge in [-0.25, -0.2) is 0 Å².